The number of halogens is 2. The molecule has 0 spiro atoms. The number of ether oxygens (including phenoxy) is 4. The molecule has 2 atom stereocenters. The summed E-state index contributed by atoms with van der Waals surface area (Å²) in [6.45, 7) is 4.76. The zero-order valence-corrected chi connectivity index (χ0v) is 18.4. The molecule has 1 aromatic rings. The smallest absolute Gasteiger partial charge is 0.336 e. The first-order valence-electron chi connectivity index (χ1n) is 9.48. The number of esters is 2. The number of methoxy groups -OCH3 is 1. The second kappa shape index (κ2) is 9.83. The van der Waals surface area contributed by atoms with Crippen molar-refractivity contribution in [1.29, 1.82) is 0 Å². The first kappa shape index (κ1) is 22.6. The largest absolute Gasteiger partial charge is 0.466 e. The van der Waals surface area contributed by atoms with Gasteiger partial charge in [0.1, 0.15) is 6.10 Å². The molecular formula is C21H23Cl2NO6. The number of dihydropyridines is 1. The van der Waals surface area contributed by atoms with Crippen molar-refractivity contribution in [2.45, 2.75) is 25.9 Å². The van der Waals surface area contributed by atoms with Gasteiger partial charge in [0.05, 0.1) is 66.3 Å². The van der Waals surface area contributed by atoms with Gasteiger partial charge in [-0.3, -0.25) is 0 Å². The van der Waals surface area contributed by atoms with E-state index in [0.29, 0.717) is 35.2 Å². The van der Waals surface area contributed by atoms with E-state index in [0.717, 1.165) is 0 Å². The zero-order valence-electron chi connectivity index (χ0n) is 16.9. The highest BCUT2D eigenvalue weighted by Gasteiger charge is 2.40. The molecule has 0 radical (unpaired) electrons. The minimum absolute atomic E-state index is 0.0701. The molecule has 0 saturated carbocycles. The molecule has 1 fully saturated rings. The fourth-order valence-corrected chi connectivity index (χ4v) is 3.77. The Labute approximate surface area is 184 Å². The molecule has 9 heteroatoms. The van der Waals surface area contributed by atoms with Crippen molar-refractivity contribution < 1.29 is 28.5 Å². The molecule has 0 aromatic heterocycles. The lowest BCUT2D eigenvalue weighted by Gasteiger charge is -2.31. The van der Waals surface area contributed by atoms with E-state index in [9.17, 15) is 9.59 Å². The van der Waals surface area contributed by atoms with Gasteiger partial charge in [0.15, 0.2) is 0 Å². The van der Waals surface area contributed by atoms with E-state index in [-0.39, 0.29) is 35.5 Å². The van der Waals surface area contributed by atoms with Crippen LogP contribution in [-0.2, 0) is 28.5 Å². The van der Waals surface area contributed by atoms with E-state index >= 15 is 0 Å². The van der Waals surface area contributed by atoms with E-state index in [2.05, 4.69) is 5.32 Å². The van der Waals surface area contributed by atoms with Gasteiger partial charge in [0.25, 0.3) is 0 Å². The van der Waals surface area contributed by atoms with Gasteiger partial charge in [-0.15, -0.1) is 0 Å². The van der Waals surface area contributed by atoms with E-state index in [4.69, 9.17) is 42.1 Å². The molecule has 2 unspecified atom stereocenters. The number of hydrogen-bond acceptors (Lipinski definition) is 7. The summed E-state index contributed by atoms with van der Waals surface area (Å²) in [6.07, 6.45) is 0.0701. The van der Waals surface area contributed by atoms with E-state index < -0.39 is 17.9 Å². The first-order chi connectivity index (χ1) is 14.4. The van der Waals surface area contributed by atoms with Crippen LogP contribution >= 0.6 is 23.2 Å². The van der Waals surface area contributed by atoms with Crippen LogP contribution in [-0.4, -0.2) is 51.6 Å². The number of rotatable bonds is 8. The average Bonchev–Trinajstić information content (AvgIpc) is 3.53. The Bertz CT molecular complexity index is 907. The molecule has 1 N–H and O–H groups in total. The lowest BCUT2D eigenvalue weighted by molar-refractivity contribution is -0.139. The number of epoxide rings is 1. The SMILES string of the molecule is CCOC(=O)C1=C(COCC2CO2)NC(C)=C(C(=O)OC)C1c1cccc(Cl)c1Cl. The van der Waals surface area contributed by atoms with Crippen molar-refractivity contribution in [3.05, 3.63) is 56.3 Å². The van der Waals surface area contributed by atoms with Crippen LogP contribution in [0.1, 0.15) is 25.3 Å². The Morgan fingerprint density at radius 3 is 2.60 bits per heavy atom. The molecule has 2 heterocycles. The third-order valence-corrected chi connectivity index (χ3v) is 5.62. The number of carbonyl (C=O) groups excluding carboxylic acids is 2. The summed E-state index contributed by atoms with van der Waals surface area (Å²) in [4.78, 5) is 25.7. The van der Waals surface area contributed by atoms with Crippen LogP contribution in [0.15, 0.2) is 40.7 Å². The summed E-state index contributed by atoms with van der Waals surface area (Å²) in [5.41, 5.74) is 1.98. The summed E-state index contributed by atoms with van der Waals surface area (Å²) in [7, 11) is 1.28. The Balaban J connectivity index is 2.13. The molecular weight excluding hydrogens is 433 g/mol. The van der Waals surface area contributed by atoms with Crippen LogP contribution < -0.4 is 5.32 Å². The minimum Gasteiger partial charge on any atom is -0.466 e. The topological polar surface area (TPSA) is 86.4 Å². The van der Waals surface area contributed by atoms with Gasteiger partial charge in [-0.25, -0.2) is 9.59 Å². The molecule has 7 nitrogen and oxygen atoms in total. The molecule has 1 aromatic carbocycles. The van der Waals surface area contributed by atoms with E-state index in [1.807, 2.05) is 0 Å². The fraction of sp³-hybridized carbons (Fsp3) is 0.429. The van der Waals surface area contributed by atoms with Gasteiger partial charge in [-0.2, -0.15) is 0 Å². The molecule has 1 saturated heterocycles. The van der Waals surface area contributed by atoms with Gasteiger partial charge in [0.2, 0.25) is 0 Å². The van der Waals surface area contributed by atoms with Crippen molar-refractivity contribution in [1.82, 2.24) is 5.32 Å². The zero-order chi connectivity index (χ0) is 21.8. The molecule has 0 aliphatic carbocycles. The average molecular weight is 456 g/mol. The molecule has 162 valence electrons. The van der Waals surface area contributed by atoms with Crippen LogP contribution in [0.2, 0.25) is 10.0 Å². The maximum absolute atomic E-state index is 13.0. The summed E-state index contributed by atoms with van der Waals surface area (Å²) >= 11 is 12.7. The maximum Gasteiger partial charge on any atom is 0.336 e. The number of benzene rings is 1. The molecule has 3 rings (SSSR count). The molecule has 30 heavy (non-hydrogen) atoms. The first-order valence-corrected chi connectivity index (χ1v) is 10.2. The number of hydrogen-bond donors (Lipinski definition) is 1. The molecule has 0 bridgehead atoms. The standard InChI is InChI=1S/C21H23Cl2NO6/c1-4-29-21(26)18-15(10-28-8-12-9-30-12)24-11(2)16(20(25)27-3)17(18)13-6-5-7-14(22)19(13)23/h5-7,12,17,24H,4,8-10H2,1-3H3. The van der Waals surface area contributed by atoms with Crippen molar-refractivity contribution >= 4 is 35.1 Å². The third-order valence-electron chi connectivity index (χ3n) is 4.79. The Morgan fingerprint density at radius 2 is 1.97 bits per heavy atom. The summed E-state index contributed by atoms with van der Waals surface area (Å²) in [5.74, 6) is -2.00. The normalized spacial score (nSPS) is 20.7. The van der Waals surface area contributed by atoms with Crippen LogP contribution in [0.3, 0.4) is 0 Å². The van der Waals surface area contributed by atoms with Gasteiger partial charge in [-0.1, -0.05) is 35.3 Å². The number of carbonyl (C=O) groups is 2. The monoisotopic (exact) mass is 455 g/mol. The summed E-state index contributed by atoms with van der Waals surface area (Å²) < 4.78 is 21.2. The summed E-state index contributed by atoms with van der Waals surface area (Å²) in [5, 5.41) is 3.67. The maximum atomic E-state index is 13.0. The predicted molar refractivity (Wildman–Crippen MR) is 111 cm³/mol. The van der Waals surface area contributed by atoms with Gasteiger partial charge in [-0.05, 0) is 25.5 Å². The summed E-state index contributed by atoms with van der Waals surface area (Å²) in [6, 6.07) is 5.06. The second-order valence-corrected chi connectivity index (χ2v) is 7.60. The predicted octanol–water partition coefficient (Wildman–Crippen LogP) is 3.36. The molecule has 2 aliphatic rings. The van der Waals surface area contributed by atoms with Gasteiger partial charge in [0, 0.05) is 5.70 Å². The second-order valence-electron chi connectivity index (χ2n) is 6.81. The van der Waals surface area contributed by atoms with Crippen molar-refractivity contribution in [2.75, 3.05) is 33.5 Å². The minimum atomic E-state index is -0.834. The highest BCUT2D eigenvalue weighted by Crippen LogP contribution is 2.43. The van der Waals surface area contributed by atoms with Gasteiger partial charge < -0.3 is 24.3 Å². The van der Waals surface area contributed by atoms with E-state index in [1.54, 1.807) is 32.0 Å². The van der Waals surface area contributed by atoms with Crippen LogP contribution in [0.25, 0.3) is 0 Å². The lowest BCUT2D eigenvalue weighted by atomic mass is 9.80. The third kappa shape index (κ3) is 4.81. The van der Waals surface area contributed by atoms with Crippen LogP contribution in [0.4, 0.5) is 0 Å². The van der Waals surface area contributed by atoms with Crippen LogP contribution in [0.5, 0.6) is 0 Å². The quantitative estimate of drug-likeness (QED) is 0.474. The highest BCUT2D eigenvalue weighted by molar-refractivity contribution is 6.42. The van der Waals surface area contributed by atoms with Gasteiger partial charge >= 0.3 is 11.9 Å². The van der Waals surface area contributed by atoms with Crippen molar-refractivity contribution in [2.24, 2.45) is 0 Å². The lowest BCUT2D eigenvalue weighted by Crippen LogP contribution is -2.35. The van der Waals surface area contributed by atoms with Crippen molar-refractivity contribution in [3.8, 4) is 0 Å². The number of nitrogens with one attached hydrogen (secondary N) is 1. The Hall–Kier alpha value is -2.06. The van der Waals surface area contributed by atoms with Crippen LogP contribution in [0, 0.1) is 0 Å². The molecule has 0 amide bonds. The highest BCUT2D eigenvalue weighted by atomic mass is 35.5. The Morgan fingerprint density at radius 1 is 1.23 bits per heavy atom. The van der Waals surface area contributed by atoms with Crippen molar-refractivity contribution in [3.63, 3.8) is 0 Å². The Kier molecular flexibility index (Phi) is 7.41. The molecule has 2 aliphatic heterocycles. The van der Waals surface area contributed by atoms with E-state index in [1.165, 1.54) is 7.11 Å². The fourth-order valence-electron chi connectivity index (χ4n) is 3.35. The number of allylic oxidation sites excluding steroid dienone is 1.